The summed E-state index contributed by atoms with van der Waals surface area (Å²) in [6, 6.07) is 0. The Hall–Kier alpha value is -0.130. The number of sulfone groups is 1. The van der Waals surface area contributed by atoms with Crippen molar-refractivity contribution in [3.8, 4) is 0 Å². The predicted molar refractivity (Wildman–Crippen MR) is 69.9 cm³/mol. The summed E-state index contributed by atoms with van der Waals surface area (Å²) >= 11 is 0. The summed E-state index contributed by atoms with van der Waals surface area (Å²) in [6.07, 6.45) is 1.72. The minimum Gasteiger partial charge on any atom is -0.315 e. The van der Waals surface area contributed by atoms with Gasteiger partial charge < -0.3 is 10.2 Å². The van der Waals surface area contributed by atoms with Gasteiger partial charge in [0.15, 0.2) is 0 Å². The Balaban J connectivity index is 1.80. The predicted octanol–water partition coefficient (Wildman–Crippen LogP) is 0.353. The molecular formula is C12H24N2O2S. The molecule has 0 aromatic heterocycles. The Morgan fingerprint density at radius 3 is 2.71 bits per heavy atom. The smallest absolute Gasteiger partial charge is 0.150 e. The standard InChI is InChI=1S/C12H24N2O2S/c1-11-8-13-4-5-14(9-11)10-12-2-6-17(15,16)7-3-12/h11-13H,2-10H2,1H3. The summed E-state index contributed by atoms with van der Waals surface area (Å²) in [7, 11) is -2.71. The van der Waals surface area contributed by atoms with Crippen LogP contribution in [0.1, 0.15) is 19.8 Å². The van der Waals surface area contributed by atoms with Crippen LogP contribution in [0.5, 0.6) is 0 Å². The number of hydrogen-bond acceptors (Lipinski definition) is 4. The van der Waals surface area contributed by atoms with Gasteiger partial charge in [0, 0.05) is 26.2 Å². The van der Waals surface area contributed by atoms with E-state index >= 15 is 0 Å². The molecule has 0 aliphatic carbocycles. The maximum atomic E-state index is 11.4. The van der Waals surface area contributed by atoms with Gasteiger partial charge in [0.2, 0.25) is 0 Å². The molecule has 2 heterocycles. The van der Waals surface area contributed by atoms with Crippen LogP contribution in [-0.2, 0) is 9.84 Å². The molecule has 0 radical (unpaired) electrons. The number of nitrogens with zero attached hydrogens (tertiary/aromatic N) is 1. The van der Waals surface area contributed by atoms with Crippen LogP contribution in [0.2, 0.25) is 0 Å². The summed E-state index contributed by atoms with van der Waals surface area (Å²) in [6.45, 7) is 7.78. The minimum absolute atomic E-state index is 0.402. The summed E-state index contributed by atoms with van der Waals surface area (Å²) < 4.78 is 22.7. The molecule has 0 amide bonds. The third-order valence-corrected chi connectivity index (χ3v) is 5.57. The molecule has 2 fully saturated rings. The molecule has 1 unspecified atom stereocenters. The van der Waals surface area contributed by atoms with Crippen LogP contribution in [0.25, 0.3) is 0 Å². The average Bonchev–Trinajstić information content (AvgIpc) is 2.46. The van der Waals surface area contributed by atoms with E-state index in [9.17, 15) is 8.42 Å². The lowest BCUT2D eigenvalue weighted by Gasteiger charge is -2.29. The fraction of sp³-hybridized carbons (Fsp3) is 1.00. The third kappa shape index (κ3) is 4.23. The van der Waals surface area contributed by atoms with Crippen LogP contribution < -0.4 is 5.32 Å². The molecule has 1 atom stereocenters. The molecule has 0 aromatic rings. The molecule has 1 N–H and O–H groups in total. The van der Waals surface area contributed by atoms with E-state index in [0.717, 1.165) is 45.6 Å². The average molecular weight is 260 g/mol. The highest BCUT2D eigenvalue weighted by molar-refractivity contribution is 7.91. The van der Waals surface area contributed by atoms with Crippen molar-refractivity contribution in [3.63, 3.8) is 0 Å². The van der Waals surface area contributed by atoms with Gasteiger partial charge in [-0.1, -0.05) is 6.92 Å². The van der Waals surface area contributed by atoms with Crippen molar-refractivity contribution in [2.24, 2.45) is 11.8 Å². The zero-order chi connectivity index (χ0) is 12.3. The molecule has 0 bridgehead atoms. The zero-order valence-electron chi connectivity index (χ0n) is 10.7. The minimum atomic E-state index is -2.71. The second-order valence-electron chi connectivity index (χ2n) is 5.66. The molecule has 2 rings (SSSR count). The van der Waals surface area contributed by atoms with E-state index in [0.29, 0.717) is 23.3 Å². The number of hydrogen-bond donors (Lipinski definition) is 1. The monoisotopic (exact) mass is 260 g/mol. The van der Waals surface area contributed by atoms with Gasteiger partial charge in [0.05, 0.1) is 11.5 Å². The molecule has 5 heteroatoms. The van der Waals surface area contributed by atoms with Crippen molar-refractivity contribution in [1.82, 2.24) is 10.2 Å². The van der Waals surface area contributed by atoms with E-state index in [1.54, 1.807) is 0 Å². The van der Waals surface area contributed by atoms with E-state index in [1.807, 2.05) is 0 Å². The van der Waals surface area contributed by atoms with Crippen molar-refractivity contribution in [1.29, 1.82) is 0 Å². The summed E-state index contributed by atoms with van der Waals surface area (Å²) in [5, 5.41) is 3.44. The largest absolute Gasteiger partial charge is 0.315 e. The lowest BCUT2D eigenvalue weighted by molar-refractivity contribution is 0.216. The molecule has 0 aromatic carbocycles. The molecule has 2 saturated heterocycles. The van der Waals surface area contributed by atoms with Crippen molar-refractivity contribution < 1.29 is 8.42 Å². The van der Waals surface area contributed by atoms with Gasteiger partial charge in [0.25, 0.3) is 0 Å². The molecule has 0 saturated carbocycles. The molecule has 100 valence electrons. The maximum Gasteiger partial charge on any atom is 0.150 e. The lowest BCUT2D eigenvalue weighted by atomic mass is 10.0. The SMILES string of the molecule is CC1CNCCN(CC2CCS(=O)(=O)CC2)C1. The highest BCUT2D eigenvalue weighted by atomic mass is 32.2. The van der Waals surface area contributed by atoms with Crippen molar-refractivity contribution in [3.05, 3.63) is 0 Å². The fourth-order valence-electron chi connectivity index (χ4n) is 2.83. The summed E-state index contributed by atoms with van der Waals surface area (Å²) in [4.78, 5) is 2.51. The van der Waals surface area contributed by atoms with Gasteiger partial charge in [0.1, 0.15) is 9.84 Å². The first kappa shape index (κ1) is 13.3. The van der Waals surface area contributed by atoms with Crippen molar-refractivity contribution >= 4 is 9.84 Å². The second kappa shape index (κ2) is 5.67. The third-order valence-electron chi connectivity index (χ3n) is 3.86. The molecule has 17 heavy (non-hydrogen) atoms. The van der Waals surface area contributed by atoms with Crippen LogP contribution in [0.3, 0.4) is 0 Å². The first-order valence-electron chi connectivity index (χ1n) is 6.69. The number of nitrogens with one attached hydrogen (secondary N) is 1. The van der Waals surface area contributed by atoms with Gasteiger partial charge in [-0.05, 0) is 31.2 Å². The van der Waals surface area contributed by atoms with E-state index in [2.05, 4.69) is 17.1 Å². The van der Waals surface area contributed by atoms with E-state index in [-0.39, 0.29) is 0 Å². The van der Waals surface area contributed by atoms with Gasteiger partial charge in [-0.25, -0.2) is 8.42 Å². The van der Waals surface area contributed by atoms with Gasteiger partial charge >= 0.3 is 0 Å². The van der Waals surface area contributed by atoms with Crippen LogP contribution in [0, 0.1) is 11.8 Å². The van der Waals surface area contributed by atoms with E-state index in [1.165, 1.54) is 0 Å². The van der Waals surface area contributed by atoms with Gasteiger partial charge in [-0.15, -0.1) is 0 Å². The zero-order valence-corrected chi connectivity index (χ0v) is 11.5. The molecule has 0 spiro atoms. The Kier molecular flexibility index (Phi) is 4.44. The highest BCUT2D eigenvalue weighted by Crippen LogP contribution is 2.20. The Morgan fingerprint density at radius 1 is 1.29 bits per heavy atom. The maximum absolute atomic E-state index is 11.4. The van der Waals surface area contributed by atoms with Crippen molar-refractivity contribution in [2.45, 2.75) is 19.8 Å². The number of rotatable bonds is 2. The normalized spacial score (nSPS) is 32.2. The first-order chi connectivity index (χ1) is 8.05. The lowest BCUT2D eigenvalue weighted by Crippen LogP contribution is -2.37. The summed E-state index contributed by atoms with van der Waals surface area (Å²) in [5.41, 5.74) is 0. The van der Waals surface area contributed by atoms with E-state index in [4.69, 9.17) is 0 Å². The van der Waals surface area contributed by atoms with Crippen LogP contribution in [0.15, 0.2) is 0 Å². The highest BCUT2D eigenvalue weighted by Gasteiger charge is 2.25. The van der Waals surface area contributed by atoms with Crippen LogP contribution in [-0.4, -0.2) is 57.5 Å². The fourth-order valence-corrected chi connectivity index (χ4v) is 4.42. The van der Waals surface area contributed by atoms with Crippen molar-refractivity contribution in [2.75, 3.05) is 44.2 Å². The Morgan fingerprint density at radius 2 is 2.00 bits per heavy atom. The first-order valence-corrected chi connectivity index (χ1v) is 8.51. The molecule has 4 nitrogen and oxygen atoms in total. The second-order valence-corrected chi connectivity index (χ2v) is 7.97. The van der Waals surface area contributed by atoms with Gasteiger partial charge in [-0.2, -0.15) is 0 Å². The summed E-state index contributed by atoms with van der Waals surface area (Å²) in [5.74, 6) is 2.09. The van der Waals surface area contributed by atoms with Crippen LogP contribution >= 0.6 is 0 Å². The van der Waals surface area contributed by atoms with E-state index < -0.39 is 9.84 Å². The molecule has 2 aliphatic rings. The Bertz CT molecular complexity index is 328. The molecular weight excluding hydrogens is 236 g/mol. The van der Waals surface area contributed by atoms with Crippen LogP contribution in [0.4, 0.5) is 0 Å². The van der Waals surface area contributed by atoms with Gasteiger partial charge in [-0.3, -0.25) is 0 Å². The quantitative estimate of drug-likeness (QED) is 0.778. The topological polar surface area (TPSA) is 49.4 Å². The Labute approximate surface area is 105 Å². The molecule has 2 aliphatic heterocycles.